The SMILES string of the molecule is Cc1ncc2c(N)n(-c3c(O)cccc3O)c(=O)nc2n1. The molecule has 3 aromatic rings. The van der Waals surface area contributed by atoms with Gasteiger partial charge in [0, 0.05) is 6.20 Å². The standard InChI is InChI=1S/C13H11N5O3/c1-6-15-5-7-11(14)18(13(21)17-12(7)16-6)10-8(19)3-2-4-9(10)20/h2-5,19-20H,14H2,1H3. The molecule has 2 heterocycles. The maximum Gasteiger partial charge on any atom is 0.356 e. The summed E-state index contributed by atoms with van der Waals surface area (Å²) in [4.78, 5) is 24.0. The number of anilines is 1. The van der Waals surface area contributed by atoms with Gasteiger partial charge in [-0.3, -0.25) is 0 Å². The van der Waals surface area contributed by atoms with Crippen LogP contribution in [0.4, 0.5) is 5.82 Å². The van der Waals surface area contributed by atoms with Gasteiger partial charge >= 0.3 is 5.69 Å². The first kappa shape index (κ1) is 12.9. The molecule has 0 atom stereocenters. The van der Waals surface area contributed by atoms with Crippen LogP contribution in [0.3, 0.4) is 0 Å². The Morgan fingerprint density at radius 2 is 1.86 bits per heavy atom. The number of aromatic hydroxyl groups is 2. The molecule has 8 heteroatoms. The number of para-hydroxylation sites is 1. The third-order valence-corrected chi connectivity index (χ3v) is 3.02. The highest BCUT2D eigenvalue weighted by Gasteiger charge is 2.17. The van der Waals surface area contributed by atoms with Crippen LogP contribution < -0.4 is 11.4 Å². The second-order valence-corrected chi connectivity index (χ2v) is 4.41. The van der Waals surface area contributed by atoms with E-state index in [9.17, 15) is 15.0 Å². The van der Waals surface area contributed by atoms with Crippen molar-refractivity contribution < 1.29 is 10.2 Å². The lowest BCUT2D eigenvalue weighted by Crippen LogP contribution is -2.25. The van der Waals surface area contributed by atoms with E-state index in [4.69, 9.17) is 5.73 Å². The first-order valence-corrected chi connectivity index (χ1v) is 6.02. The summed E-state index contributed by atoms with van der Waals surface area (Å²) in [6, 6.07) is 4.10. The predicted octanol–water partition coefficient (Wildman–Crippen LogP) is 0.478. The minimum atomic E-state index is -0.755. The second kappa shape index (κ2) is 4.44. The minimum absolute atomic E-state index is 0.0122. The van der Waals surface area contributed by atoms with Gasteiger partial charge in [0.1, 0.15) is 28.8 Å². The van der Waals surface area contributed by atoms with Gasteiger partial charge in [-0.25, -0.2) is 19.3 Å². The number of hydrogen-bond donors (Lipinski definition) is 3. The Kier molecular flexibility index (Phi) is 2.72. The van der Waals surface area contributed by atoms with Crippen LogP contribution in [-0.2, 0) is 0 Å². The normalized spacial score (nSPS) is 10.9. The van der Waals surface area contributed by atoms with E-state index in [0.717, 1.165) is 4.57 Å². The van der Waals surface area contributed by atoms with Gasteiger partial charge in [-0.2, -0.15) is 4.98 Å². The number of hydrogen-bond acceptors (Lipinski definition) is 7. The Morgan fingerprint density at radius 3 is 2.52 bits per heavy atom. The summed E-state index contributed by atoms with van der Waals surface area (Å²) in [6.07, 6.45) is 1.44. The molecule has 4 N–H and O–H groups in total. The van der Waals surface area contributed by atoms with E-state index in [1.54, 1.807) is 6.92 Å². The van der Waals surface area contributed by atoms with Gasteiger partial charge in [0.2, 0.25) is 0 Å². The summed E-state index contributed by atoms with van der Waals surface area (Å²) >= 11 is 0. The van der Waals surface area contributed by atoms with E-state index in [0.29, 0.717) is 11.2 Å². The van der Waals surface area contributed by atoms with E-state index < -0.39 is 5.69 Å². The highest BCUT2D eigenvalue weighted by Crippen LogP contribution is 2.32. The molecular weight excluding hydrogens is 274 g/mol. The minimum Gasteiger partial charge on any atom is -0.506 e. The Hall–Kier alpha value is -3.16. The second-order valence-electron chi connectivity index (χ2n) is 4.41. The molecule has 2 aromatic heterocycles. The number of phenols is 2. The fraction of sp³-hybridized carbons (Fsp3) is 0.0769. The van der Waals surface area contributed by atoms with Crippen molar-refractivity contribution in [1.82, 2.24) is 19.5 Å². The monoisotopic (exact) mass is 285 g/mol. The molecule has 0 bridgehead atoms. The number of benzene rings is 1. The van der Waals surface area contributed by atoms with Crippen molar-refractivity contribution in [3.05, 3.63) is 40.7 Å². The van der Waals surface area contributed by atoms with Gasteiger partial charge in [0.25, 0.3) is 0 Å². The van der Waals surface area contributed by atoms with Gasteiger partial charge < -0.3 is 15.9 Å². The van der Waals surface area contributed by atoms with E-state index in [1.165, 1.54) is 24.4 Å². The van der Waals surface area contributed by atoms with Crippen LogP contribution in [-0.4, -0.2) is 29.7 Å². The van der Waals surface area contributed by atoms with Crippen molar-refractivity contribution in [3.8, 4) is 17.2 Å². The fourth-order valence-electron chi connectivity index (χ4n) is 2.05. The zero-order chi connectivity index (χ0) is 15.1. The molecule has 0 amide bonds. The van der Waals surface area contributed by atoms with E-state index in [-0.39, 0.29) is 28.7 Å². The molecule has 3 rings (SSSR count). The maximum absolute atomic E-state index is 12.2. The highest BCUT2D eigenvalue weighted by molar-refractivity contribution is 5.85. The third kappa shape index (κ3) is 1.93. The average molecular weight is 285 g/mol. The maximum atomic E-state index is 12.2. The summed E-state index contributed by atoms with van der Waals surface area (Å²) in [5.41, 5.74) is 5.24. The lowest BCUT2D eigenvalue weighted by Gasteiger charge is -2.13. The summed E-state index contributed by atoms with van der Waals surface area (Å²) in [7, 11) is 0. The third-order valence-electron chi connectivity index (χ3n) is 3.02. The average Bonchev–Trinajstić information content (AvgIpc) is 2.41. The van der Waals surface area contributed by atoms with E-state index >= 15 is 0 Å². The first-order valence-electron chi connectivity index (χ1n) is 6.02. The van der Waals surface area contributed by atoms with Crippen LogP contribution in [0, 0.1) is 6.92 Å². The fourth-order valence-corrected chi connectivity index (χ4v) is 2.05. The van der Waals surface area contributed by atoms with Gasteiger partial charge in [0.15, 0.2) is 5.65 Å². The molecule has 106 valence electrons. The van der Waals surface area contributed by atoms with Gasteiger partial charge in [0.05, 0.1) is 5.39 Å². The molecule has 0 fully saturated rings. The molecule has 0 saturated carbocycles. The molecule has 0 spiro atoms. The molecule has 0 saturated heterocycles. The van der Waals surface area contributed by atoms with Crippen molar-refractivity contribution in [2.45, 2.75) is 6.92 Å². The molecule has 21 heavy (non-hydrogen) atoms. The van der Waals surface area contributed by atoms with Gasteiger partial charge in [-0.15, -0.1) is 0 Å². The molecule has 1 aromatic carbocycles. The zero-order valence-corrected chi connectivity index (χ0v) is 11.0. The van der Waals surface area contributed by atoms with Crippen molar-refractivity contribution in [2.75, 3.05) is 5.73 Å². The first-order chi connectivity index (χ1) is 9.99. The molecular formula is C13H11N5O3. The topological polar surface area (TPSA) is 127 Å². The smallest absolute Gasteiger partial charge is 0.356 e. The quantitative estimate of drug-likeness (QED) is 0.593. The summed E-state index contributed by atoms with van der Waals surface area (Å²) in [5, 5.41) is 20.1. The lowest BCUT2D eigenvalue weighted by atomic mass is 10.2. The predicted molar refractivity (Wildman–Crippen MR) is 75.4 cm³/mol. The van der Waals surface area contributed by atoms with Crippen LogP contribution >= 0.6 is 0 Å². The van der Waals surface area contributed by atoms with Crippen molar-refractivity contribution in [1.29, 1.82) is 0 Å². The summed E-state index contributed by atoms with van der Waals surface area (Å²) in [6.45, 7) is 1.66. The van der Waals surface area contributed by atoms with Crippen LogP contribution in [0.25, 0.3) is 16.7 Å². The number of aryl methyl sites for hydroxylation is 1. The molecule has 0 radical (unpaired) electrons. The van der Waals surface area contributed by atoms with Crippen molar-refractivity contribution in [2.24, 2.45) is 0 Å². The Bertz CT molecular complexity index is 899. The molecule has 0 unspecified atom stereocenters. The summed E-state index contributed by atoms with van der Waals surface area (Å²) < 4.78 is 0.922. The van der Waals surface area contributed by atoms with Crippen molar-refractivity contribution in [3.63, 3.8) is 0 Å². The van der Waals surface area contributed by atoms with Gasteiger partial charge in [-0.05, 0) is 19.1 Å². The number of nitrogens with zero attached hydrogens (tertiary/aromatic N) is 4. The van der Waals surface area contributed by atoms with E-state index in [2.05, 4.69) is 15.0 Å². The largest absolute Gasteiger partial charge is 0.506 e. The number of nitrogens with two attached hydrogens (primary N) is 1. The molecule has 0 aliphatic rings. The van der Waals surface area contributed by atoms with Crippen LogP contribution in [0.15, 0.2) is 29.2 Å². The van der Waals surface area contributed by atoms with Crippen LogP contribution in [0.2, 0.25) is 0 Å². The Labute approximate surface area is 118 Å². The number of fused-ring (bicyclic) bond motifs is 1. The van der Waals surface area contributed by atoms with Crippen LogP contribution in [0.1, 0.15) is 5.82 Å². The molecule has 0 aliphatic heterocycles. The van der Waals surface area contributed by atoms with Gasteiger partial charge in [-0.1, -0.05) is 6.07 Å². The lowest BCUT2D eigenvalue weighted by molar-refractivity contribution is 0.445. The van der Waals surface area contributed by atoms with Crippen molar-refractivity contribution >= 4 is 16.9 Å². The van der Waals surface area contributed by atoms with E-state index in [1.807, 2.05) is 0 Å². The molecule has 0 aliphatic carbocycles. The highest BCUT2D eigenvalue weighted by atomic mass is 16.3. The summed E-state index contributed by atoms with van der Waals surface area (Å²) in [5.74, 6) is -0.144. The number of phenolic OH excluding ortho intramolecular Hbond substituents is 2. The Morgan fingerprint density at radius 1 is 1.19 bits per heavy atom. The molecule has 8 nitrogen and oxygen atoms in total. The zero-order valence-electron chi connectivity index (χ0n) is 11.0. The van der Waals surface area contributed by atoms with Crippen LogP contribution in [0.5, 0.6) is 11.5 Å². The number of rotatable bonds is 1. The Balaban J connectivity index is 2.44. The number of nitrogen functional groups attached to an aromatic ring is 1. The number of aromatic nitrogens is 4.